The molecule has 2 aromatic carbocycles. The van der Waals surface area contributed by atoms with Gasteiger partial charge in [0, 0.05) is 17.3 Å². The van der Waals surface area contributed by atoms with Gasteiger partial charge in [-0.2, -0.15) is 0 Å². The molecule has 6 nitrogen and oxygen atoms in total. The van der Waals surface area contributed by atoms with Gasteiger partial charge in [-0.3, -0.25) is 0 Å². The smallest absolute Gasteiger partial charge is 0.198 e. The maximum atomic E-state index is 5.98. The van der Waals surface area contributed by atoms with Crippen molar-refractivity contribution in [2.75, 3.05) is 39.6 Å². The third-order valence-corrected chi connectivity index (χ3v) is 4.62. The summed E-state index contributed by atoms with van der Waals surface area (Å²) in [6.07, 6.45) is 1.02. The molecule has 1 N–H and O–H groups in total. The van der Waals surface area contributed by atoms with Gasteiger partial charge in [-0.15, -0.1) is 0 Å². The minimum Gasteiger partial charge on any atom is -0.497 e. The molecule has 2 aromatic heterocycles. The number of nitrogens with zero attached hydrogens (tertiary/aromatic N) is 3. The molecule has 4 rings (SSSR count). The maximum Gasteiger partial charge on any atom is 0.198 e. The Bertz CT molecular complexity index is 1070. The SMILES string of the molecule is COc1ccc2nc(-c3cc4ccccc4o3)nc(NCCCN(C)C)c2c1. The van der Waals surface area contributed by atoms with Crippen molar-refractivity contribution >= 4 is 27.7 Å². The minimum atomic E-state index is 0.573. The maximum absolute atomic E-state index is 5.98. The van der Waals surface area contributed by atoms with E-state index in [0.717, 1.165) is 52.9 Å². The van der Waals surface area contributed by atoms with Gasteiger partial charge < -0.3 is 19.4 Å². The van der Waals surface area contributed by atoms with Gasteiger partial charge in [0.25, 0.3) is 0 Å². The van der Waals surface area contributed by atoms with Crippen LogP contribution >= 0.6 is 0 Å². The molecule has 0 aliphatic carbocycles. The molecule has 0 spiro atoms. The topological polar surface area (TPSA) is 63.4 Å². The van der Waals surface area contributed by atoms with E-state index in [-0.39, 0.29) is 0 Å². The summed E-state index contributed by atoms with van der Waals surface area (Å²) in [5.74, 6) is 2.81. The number of fused-ring (bicyclic) bond motifs is 2. The number of anilines is 1. The Morgan fingerprint density at radius 1 is 1.07 bits per heavy atom. The summed E-state index contributed by atoms with van der Waals surface area (Å²) in [5, 5.41) is 5.44. The first-order chi connectivity index (χ1) is 13.6. The van der Waals surface area contributed by atoms with E-state index in [2.05, 4.69) is 24.3 Å². The van der Waals surface area contributed by atoms with E-state index in [1.807, 2.05) is 48.5 Å². The Morgan fingerprint density at radius 3 is 2.71 bits per heavy atom. The highest BCUT2D eigenvalue weighted by molar-refractivity contribution is 5.92. The van der Waals surface area contributed by atoms with Crippen molar-refractivity contribution in [2.45, 2.75) is 6.42 Å². The minimum absolute atomic E-state index is 0.573. The highest BCUT2D eigenvalue weighted by Gasteiger charge is 2.14. The van der Waals surface area contributed by atoms with E-state index in [0.29, 0.717) is 11.6 Å². The fourth-order valence-electron chi connectivity index (χ4n) is 3.17. The summed E-state index contributed by atoms with van der Waals surface area (Å²) in [6, 6.07) is 15.7. The molecule has 0 fully saturated rings. The molecule has 28 heavy (non-hydrogen) atoms. The van der Waals surface area contributed by atoms with Crippen molar-refractivity contribution in [2.24, 2.45) is 0 Å². The van der Waals surface area contributed by atoms with Crippen LogP contribution in [0.3, 0.4) is 0 Å². The van der Waals surface area contributed by atoms with Gasteiger partial charge in [0.1, 0.15) is 17.2 Å². The lowest BCUT2D eigenvalue weighted by molar-refractivity contribution is 0.405. The van der Waals surface area contributed by atoms with Crippen molar-refractivity contribution < 1.29 is 9.15 Å². The highest BCUT2D eigenvalue weighted by Crippen LogP contribution is 2.30. The lowest BCUT2D eigenvalue weighted by atomic mass is 10.2. The number of hydrogen-bond acceptors (Lipinski definition) is 6. The molecule has 144 valence electrons. The predicted octanol–water partition coefficient (Wildman–Crippen LogP) is 4.42. The number of hydrogen-bond donors (Lipinski definition) is 1. The standard InChI is InChI=1S/C22H24N4O2/c1-26(2)12-6-11-23-21-17-14-16(27-3)9-10-18(17)24-22(25-21)20-13-15-7-4-5-8-19(15)28-20/h4-5,7-10,13-14H,6,11-12H2,1-3H3,(H,23,24,25). The van der Waals surface area contributed by atoms with Crippen molar-refractivity contribution in [3.63, 3.8) is 0 Å². The van der Waals surface area contributed by atoms with Crippen LogP contribution in [0, 0.1) is 0 Å². The lowest BCUT2D eigenvalue weighted by Crippen LogP contribution is -2.16. The zero-order valence-electron chi connectivity index (χ0n) is 16.4. The Kier molecular flexibility index (Phi) is 5.12. The highest BCUT2D eigenvalue weighted by atomic mass is 16.5. The van der Waals surface area contributed by atoms with E-state index >= 15 is 0 Å². The normalized spacial score (nSPS) is 11.4. The lowest BCUT2D eigenvalue weighted by Gasteiger charge is -2.13. The van der Waals surface area contributed by atoms with Crippen LogP contribution in [0.5, 0.6) is 5.75 Å². The average molecular weight is 376 g/mol. The zero-order chi connectivity index (χ0) is 19.5. The first-order valence-corrected chi connectivity index (χ1v) is 9.37. The molecular weight excluding hydrogens is 352 g/mol. The van der Waals surface area contributed by atoms with Crippen LogP contribution < -0.4 is 10.1 Å². The molecular formula is C22H24N4O2. The van der Waals surface area contributed by atoms with Crippen LogP contribution in [0.15, 0.2) is 52.9 Å². The number of furan rings is 1. The van der Waals surface area contributed by atoms with E-state index in [9.17, 15) is 0 Å². The Balaban J connectivity index is 1.74. The van der Waals surface area contributed by atoms with Gasteiger partial charge in [-0.25, -0.2) is 9.97 Å². The summed E-state index contributed by atoms with van der Waals surface area (Å²) >= 11 is 0. The molecule has 0 bridgehead atoms. The van der Waals surface area contributed by atoms with Gasteiger partial charge in [0.2, 0.25) is 0 Å². The third-order valence-electron chi connectivity index (χ3n) is 4.62. The van der Waals surface area contributed by atoms with Crippen molar-refractivity contribution in [1.29, 1.82) is 0 Å². The molecule has 2 heterocycles. The Morgan fingerprint density at radius 2 is 1.93 bits per heavy atom. The van der Waals surface area contributed by atoms with Crippen LogP contribution in [-0.4, -0.2) is 49.2 Å². The molecule has 0 amide bonds. The predicted molar refractivity (Wildman–Crippen MR) is 113 cm³/mol. The fourth-order valence-corrected chi connectivity index (χ4v) is 3.17. The van der Waals surface area contributed by atoms with Gasteiger partial charge in [-0.05, 0) is 57.4 Å². The molecule has 4 aromatic rings. The van der Waals surface area contributed by atoms with Gasteiger partial charge in [0.15, 0.2) is 11.6 Å². The second-order valence-electron chi connectivity index (χ2n) is 7.01. The van der Waals surface area contributed by atoms with E-state index in [4.69, 9.17) is 19.1 Å². The first-order valence-electron chi connectivity index (χ1n) is 9.37. The van der Waals surface area contributed by atoms with Crippen LogP contribution in [0.1, 0.15) is 6.42 Å². The second kappa shape index (κ2) is 7.86. The zero-order valence-corrected chi connectivity index (χ0v) is 16.4. The molecule has 0 aliphatic heterocycles. The average Bonchev–Trinajstić information content (AvgIpc) is 3.14. The Labute approximate surface area is 164 Å². The van der Waals surface area contributed by atoms with Gasteiger partial charge >= 0.3 is 0 Å². The van der Waals surface area contributed by atoms with Crippen molar-refractivity contribution in [3.05, 3.63) is 48.5 Å². The molecule has 0 radical (unpaired) electrons. The van der Waals surface area contributed by atoms with Crippen LogP contribution in [0.25, 0.3) is 33.5 Å². The van der Waals surface area contributed by atoms with Crippen LogP contribution in [-0.2, 0) is 0 Å². The molecule has 0 saturated heterocycles. The van der Waals surface area contributed by atoms with Gasteiger partial charge in [0.05, 0.1) is 12.6 Å². The first kappa shape index (κ1) is 18.3. The molecule has 0 saturated carbocycles. The number of nitrogens with one attached hydrogen (secondary N) is 1. The van der Waals surface area contributed by atoms with E-state index < -0.39 is 0 Å². The molecule has 0 unspecified atom stereocenters. The molecule has 6 heteroatoms. The monoisotopic (exact) mass is 376 g/mol. The Hall–Kier alpha value is -3.12. The summed E-state index contributed by atoms with van der Waals surface area (Å²) in [7, 11) is 5.81. The summed E-state index contributed by atoms with van der Waals surface area (Å²) in [6.45, 7) is 1.83. The van der Waals surface area contributed by atoms with E-state index in [1.54, 1.807) is 7.11 Å². The largest absolute Gasteiger partial charge is 0.497 e. The van der Waals surface area contributed by atoms with Crippen molar-refractivity contribution in [1.82, 2.24) is 14.9 Å². The number of methoxy groups -OCH3 is 1. The van der Waals surface area contributed by atoms with Crippen molar-refractivity contribution in [3.8, 4) is 17.3 Å². The van der Waals surface area contributed by atoms with E-state index in [1.165, 1.54) is 0 Å². The summed E-state index contributed by atoms with van der Waals surface area (Å²) < 4.78 is 11.4. The number of aromatic nitrogens is 2. The summed E-state index contributed by atoms with van der Waals surface area (Å²) in [4.78, 5) is 11.7. The van der Waals surface area contributed by atoms with Gasteiger partial charge in [-0.1, -0.05) is 18.2 Å². The molecule has 0 aliphatic rings. The number of ether oxygens (including phenoxy) is 1. The second-order valence-corrected chi connectivity index (χ2v) is 7.01. The molecule has 0 atom stereocenters. The summed E-state index contributed by atoms with van der Waals surface area (Å²) in [5.41, 5.74) is 1.68. The fraction of sp³-hybridized carbons (Fsp3) is 0.273. The number of benzene rings is 2. The number of rotatable bonds is 7. The van der Waals surface area contributed by atoms with Crippen LogP contribution in [0.2, 0.25) is 0 Å². The third kappa shape index (κ3) is 3.77. The van der Waals surface area contributed by atoms with Crippen LogP contribution in [0.4, 0.5) is 5.82 Å². The number of para-hydroxylation sites is 1. The quantitative estimate of drug-likeness (QED) is 0.482.